The summed E-state index contributed by atoms with van der Waals surface area (Å²) in [4.78, 5) is 30.9. The molecule has 0 aliphatic carbocycles. The van der Waals surface area contributed by atoms with Gasteiger partial charge in [0.05, 0.1) is 17.1 Å². The normalized spacial score (nSPS) is 11.7. The number of rotatable bonds is 6. The van der Waals surface area contributed by atoms with Gasteiger partial charge in [0.2, 0.25) is 5.91 Å². The van der Waals surface area contributed by atoms with E-state index in [-0.39, 0.29) is 23.9 Å². The van der Waals surface area contributed by atoms with Crippen molar-refractivity contribution in [1.29, 1.82) is 0 Å². The molecule has 7 nitrogen and oxygen atoms in total. The minimum Gasteiger partial charge on any atom is -0.337 e. The highest BCUT2D eigenvalue weighted by atomic mass is 79.9. The summed E-state index contributed by atoms with van der Waals surface area (Å²) in [6.07, 6.45) is 3.55. The van der Waals surface area contributed by atoms with Gasteiger partial charge in [-0.1, -0.05) is 66.2 Å². The van der Waals surface area contributed by atoms with E-state index in [9.17, 15) is 9.59 Å². The molecule has 0 spiro atoms. The molecule has 1 N–H and O–H groups in total. The first kappa shape index (κ1) is 24.6. The number of amides is 1. The predicted octanol–water partition coefficient (Wildman–Crippen LogP) is 6.07. The second-order valence-electron chi connectivity index (χ2n) is 9.24. The summed E-state index contributed by atoms with van der Waals surface area (Å²) in [5.41, 5.74) is 3.91. The molecule has 8 heteroatoms. The average Bonchev–Trinajstić information content (AvgIpc) is 3.22. The van der Waals surface area contributed by atoms with Crippen LogP contribution in [0.4, 0.5) is 5.69 Å². The molecule has 1 amide bonds. The molecule has 3 aromatic carbocycles. The van der Waals surface area contributed by atoms with E-state index < -0.39 is 0 Å². The molecule has 0 saturated heterocycles. The van der Waals surface area contributed by atoms with Crippen molar-refractivity contribution >= 4 is 55.5 Å². The average molecular weight is 556 g/mol. The van der Waals surface area contributed by atoms with Gasteiger partial charge in [0, 0.05) is 38.7 Å². The SMILES string of the molecule is Cc1ccccc1NC(=O)Cn1cc(C=Nn2c(C(C)C)nc3ccc(Br)cc3c2=O)c2ccccc21. The van der Waals surface area contributed by atoms with E-state index >= 15 is 0 Å². The van der Waals surface area contributed by atoms with Gasteiger partial charge in [-0.05, 0) is 42.8 Å². The lowest BCUT2D eigenvalue weighted by molar-refractivity contribution is -0.116. The highest BCUT2D eigenvalue weighted by molar-refractivity contribution is 9.10. The highest BCUT2D eigenvalue weighted by Gasteiger charge is 2.15. The van der Waals surface area contributed by atoms with Gasteiger partial charge < -0.3 is 9.88 Å². The number of aryl methyl sites for hydroxylation is 1. The first-order chi connectivity index (χ1) is 17.8. The molecule has 0 aliphatic rings. The zero-order valence-corrected chi connectivity index (χ0v) is 22.4. The number of nitrogens with zero attached hydrogens (tertiary/aromatic N) is 4. The smallest absolute Gasteiger partial charge is 0.282 e. The maximum absolute atomic E-state index is 13.4. The maximum Gasteiger partial charge on any atom is 0.282 e. The van der Waals surface area contributed by atoms with Crippen molar-refractivity contribution in [3.8, 4) is 0 Å². The van der Waals surface area contributed by atoms with Crippen LogP contribution in [0, 0.1) is 6.92 Å². The van der Waals surface area contributed by atoms with Gasteiger partial charge in [0.1, 0.15) is 12.4 Å². The Morgan fingerprint density at radius 2 is 1.84 bits per heavy atom. The molecular weight excluding hydrogens is 530 g/mol. The van der Waals surface area contributed by atoms with Crippen molar-refractivity contribution in [2.24, 2.45) is 5.10 Å². The summed E-state index contributed by atoms with van der Waals surface area (Å²) >= 11 is 3.44. The van der Waals surface area contributed by atoms with Crippen LogP contribution in [0.1, 0.15) is 36.7 Å². The van der Waals surface area contributed by atoms with Crippen LogP contribution in [0.3, 0.4) is 0 Å². The van der Waals surface area contributed by atoms with Crippen LogP contribution in [-0.2, 0) is 11.3 Å². The van der Waals surface area contributed by atoms with Gasteiger partial charge in [-0.25, -0.2) is 4.98 Å². The second kappa shape index (κ2) is 10.1. The number of halogens is 1. The molecule has 0 fully saturated rings. The number of anilines is 1. The van der Waals surface area contributed by atoms with Crippen LogP contribution in [-0.4, -0.2) is 26.3 Å². The molecule has 0 aliphatic heterocycles. The fourth-order valence-corrected chi connectivity index (χ4v) is 4.70. The third kappa shape index (κ3) is 4.97. The van der Waals surface area contributed by atoms with E-state index in [1.54, 1.807) is 12.3 Å². The number of hydrogen-bond donors (Lipinski definition) is 1. The predicted molar refractivity (Wildman–Crippen MR) is 153 cm³/mol. The van der Waals surface area contributed by atoms with Crippen molar-refractivity contribution in [2.75, 3.05) is 5.32 Å². The van der Waals surface area contributed by atoms with Gasteiger partial charge in [0.25, 0.3) is 5.56 Å². The topological polar surface area (TPSA) is 81.3 Å². The summed E-state index contributed by atoms with van der Waals surface area (Å²) in [5, 5.41) is 9.00. The van der Waals surface area contributed by atoms with Crippen LogP contribution in [0.5, 0.6) is 0 Å². The van der Waals surface area contributed by atoms with E-state index in [0.717, 1.165) is 32.2 Å². The van der Waals surface area contributed by atoms with Crippen molar-refractivity contribution in [2.45, 2.75) is 33.2 Å². The lowest BCUT2D eigenvalue weighted by Gasteiger charge is -2.11. The molecule has 0 atom stereocenters. The molecule has 2 heterocycles. The fourth-order valence-electron chi connectivity index (χ4n) is 4.34. The Kier molecular flexibility index (Phi) is 6.76. The highest BCUT2D eigenvalue weighted by Crippen LogP contribution is 2.22. The van der Waals surface area contributed by atoms with Gasteiger partial charge >= 0.3 is 0 Å². The monoisotopic (exact) mass is 555 g/mol. The van der Waals surface area contributed by atoms with E-state index in [0.29, 0.717) is 16.7 Å². The molecule has 2 aromatic heterocycles. The summed E-state index contributed by atoms with van der Waals surface area (Å²) in [7, 11) is 0. The van der Waals surface area contributed by atoms with Gasteiger partial charge in [-0.2, -0.15) is 9.78 Å². The molecule has 5 aromatic rings. The Hall–Kier alpha value is -4.04. The Bertz CT molecular complexity index is 1730. The van der Waals surface area contributed by atoms with E-state index in [2.05, 4.69) is 26.3 Å². The molecule has 186 valence electrons. The van der Waals surface area contributed by atoms with Crippen LogP contribution in [0.15, 0.2) is 87.3 Å². The molecule has 5 rings (SSSR count). The van der Waals surface area contributed by atoms with Crippen molar-refractivity contribution in [3.05, 3.63) is 105 Å². The van der Waals surface area contributed by atoms with Crippen LogP contribution in [0.2, 0.25) is 0 Å². The van der Waals surface area contributed by atoms with Gasteiger partial charge in [-0.3, -0.25) is 9.59 Å². The van der Waals surface area contributed by atoms with Crippen molar-refractivity contribution < 1.29 is 4.79 Å². The lowest BCUT2D eigenvalue weighted by atomic mass is 10.2. The molecule has 0 saturated carbocycles. The third-order valence-corrected chi connectivity index (χ3v) is 6.71. The number of carbonyl (C=O) groups is 1. The number of aromatic nitrogens is 3. The zero-order valence-electron chi connectivity index (χ0n) is 20.8. The van der Waals surface area contributed by atoms with Gasteiger partial charge in [-0.15, -0.1) is 0 Å². The molecule has 0 bridgehead atoms. The second-order valence-corrected chi connectivity index (χ2v) is 10.2. The summed E-state index contributed by atoms with van der Waals surface area (Å²) < 4.78 is 4.07. The van der Waals surface area contributed by atoms with Crippen LogP contribution in [0.25, 0.3) is 21.8 Å². The fraction of sp³-hybridized carbons (Fsp3) is 0.172. The molecular formula is C29H26BrN5O2. The van der Waals surface area contributed by atoms with E-state index in [1.165, 1.54) is 4.68 Å². The minimum absolute atomic E-state index is 0.00983. The van der Waals surface area contributed by atoms with Crippen molar-refractivity contribution in [3.63, 3.8) is 0 Å². The number of fused-ring (bicyclic) bond motifs is 2. The van der Waals surface area contributed by atoms with Crippen LogP contribution < -0.4 is 10.9 Å². The molecule has 37 heavy (non-hydrogen) atoms. The summed E-state index contributed by atoms with van der Waals surface area (Å²) in [5.74, 6) is 0.447. The van der Waals surface area contributed by atoms with Crippen LogP contribution >= 0.6 is 15.9 Å². The standard InChI is InChI=1S/C29H26BrN5O2/c1-18(2)28-33-25-13-12-21(30)14-23(25)29(37)35(28)31-15-20-16-34(26-11-7-5-9-22(20)26)17-27(36)32-24-10-6-4-8-19(24)3/h4-16,18H,17H2,1-3H3,(H,32,36). The Labute approximate surface area is 222 Å². The number of nitrogens with one attached hydrogen (secondary N) is 1. The molecule has 0 radical (unpaired) electrons. The maximum atomic E-state index is 13.4. The zero-order chi connectivity index (χ0) is 26.1. The largest absolute Gasteiger partial charge is 0.337 e. The Balaban J connectivity index is 1.52. The Morgan fingerprint density at radius 3 is 2.62 bits per heavy atom. The quantitative estimate of drug-likeness (QED) is 0.258. The first-order valence-corrected chi connectivity index (χ1v) is 12.8. The third-order valence-electron chi connectivity index (χ3n) is 6.21. The summed E-state index contributed by atoms with van der Waals surface area (Å²) in [6.45, 7) is 6.07. The van der Waals surface area contributed by atoms with Gasteiger partial charge in [0.15, 0.2) is 0 Å². The van der Waals surface area contributed by atoms with Crippen molar-refractivity contribution in [1.82, 2.24) is 14.2 Å². The first-order valence-electron chi connectivity index (χ1n) is 12.0. The number of carbonyl (C=O) groups excluding carboxylic acids is 1. The number of hydrogen-bond acceptors (Lipinski definition) is 4. The minimum atomic E-state index is -0.229. The van der Waals surface area contributed by atoms with E-state index in [1.807, 2.05) is 92.2 Å². The number of para-hydroxylation sites is 2. The summed E-state index contributed by atoms with van der Waals surface area (Å²) in [6, 6.07) is 21.0. The lowest BCUT2D eigenvalue weighted by Crippen LogP contribution is -2.23. The Morgan fingerprint density at radius 1 is 1.08 bits per heavy atom. The van der Waals surface area contributed by atoms with E-state index in [4.69, 9.17) is 4.98 Å². The molecule has 0 unspecified atom stereocenters. The number of benzene rings is 3.